The Balaban J connectivity index is 1.80. The number of nitrogens with two attached hydrogens (primary N) is 1. The number of rotatable bonds is 3. The highest BCUT2D eigenvalue weighted by Gasteiger charge is 2.41. The van der Waals surface area contributed by atoms with Gasteiger partial charge in [-0.2, -0.15) is 0 Å². The van der Waals surface area contributed by atoms with E-state index in [0.29, 0.717) is 12.0 Å². The fourth-order valence-corrected chi connectivity index (χ4v) is 4.09. The van der Waals surface area contributed by atoms with E-state index in [4.69, 9.17) is 5.84 Å². The van der Waals surface area contributed by atoms with Crippen LogP contribution in [0.2, 0.25) is 0 Å². The molecule has 0 amide bonds. The zero-order chi connectivity index (χ0) is 13.4. The summed E-state index contributed by atoms with van der Waals surface area (Å²) in [4.78, 5) is 2.58. The van der Waals surface area contributed by atoms with Crippen molar-refractivity contribution in [1.29, 1.82) is 0 Å². The van der Waals surface area contributed by atoms with Gasteiger partial charge in [0.15, 0.2) is 0 Å². The number of aryl methyl sites for hydroxylation is 1. The molecule has 19 heavy (non-hydrogen) atoms. The molecule has 2 fully saturated rings. The average Bonchev–Trinajstić information content (AvgIpc) is 2.63. The molecule has 104 valence electrons. The molecule has 0 radical (unpaired) electrons. The van der Waals surface area contributed by atoms with Crippen LogP contribution in [0.1, 0.15) is 42.9 Å². The third-order valence-electron chi connectivity index (χ3n) is 5.19. The van der Waals surface area contributed by atoms with Crippen LogP contribution in [0.3, 0.4) is 0 Å². The summed E-state index contributed by atoms with van der Waals surface area (Å²) in [6.07, 6.45) is 5.27. The molecule has 0 saturated carbocycles. The number of fused-ring (bicyclic) bond motifs is 2. The second kappa shape index (κ2) is 5.23. The number of piperidine rings is 1. The van der Waals surface area contributed by atoms with Crippen LogP contribution in [0.25, 0.3) is 0 Å². The van der Waals surface area contributed by atoms with Crippen LogP contribution in [0.15, 0.2) is 24.3 Å². The molecule has 2 aliphatic heterocycles. The van der Waals surface area contributed by atoms with Crippen molar-refractivity contribution in [2.24, 2.45) is 11.8 Å². The van der Waals surface area contributed by atoms with Gasteiger partial charge in [0.25, 0.3) is 0 Å². The van der Waals surface area contributed by atoms with E-state index < -0.39 is 0 Å². The maximum absolute atomic E-state index is 5.87. The Morgan fingerprint density at radius 1 is 1.26 bits per heavy atom. The zero-order valence-electron chi connectivity index (χ0n) is 12.0. The van der Waals surface area contributed by atoms with Crippen molar-refractivity contribution in [2.75, 3.05) is 7.05 Å². The van der Waals surface area contributed by atoms with Crippen LogP contribution >= 0.6 is 0 Å². The lowest BCUT2D eigenvalue weighted by Crippen LogP contribution is -2.45. The molecule has 0 spiro atoms. The normalized spacial score (nSPS) is 32.5. The molecule has 3 atom stereocenters. The van der Waals surface area contributed by atoms with Gasteiger partial charge in [0.05, 0.1) is 0 Å². The van der Waals surface area contributed by atoms with Gasteiger partial charge in [-0.15, -0.1) is 0 Å². The van der Waals surface area contributed by atoms with E-state index in [1.54, 1.807) is 0 Å². The summed E-state index contributed by atoms with van der Waals surface area (Å²) < 4.78 is 0. The van der Waals surface area contributed by atoms with Crippen LogP contribution in [-0.2, 0) is 0 Å². The highest BCUT2D eigenvalue weighted by Crippen LogP contribution is 2.42. The van der Waals surface area contributed by atoms with E-state index in [-0.39, 0.29) is 0 Å². The Bertz CT molecular complexity index is 431. The number of hydrogen-bond donors (Lipinski definition) is 2. The molecule has 1 aromatic rings. The summed E-state index contributed by atoms with van der Waals surface area (Å²) in [6.45, 7) is 2.15. The van der Waals surface area contributed by atoms with Crippen molar-refractivity contribution in [3.8, 4) is 0 Å². The third kappa shape index (κ3) is 2.42. The predicted molar refractivity (Wildman–Crippen MR) is 78.5 cm³/mol. The monoisotopic (exact) mass is 259 g/mol. The smallest absolute Gasteiger partial charge is 0.0489 e. The molecule has 3 rings (SSSR count). The first-order valence-electron chi connectivity index (χ1n) is 7.43. The fraction of sp³-hybridized carbons (Fsp3) is 0.625. The van der Waals surface area contributed by atoms with Crippen molar-refractivity contribution in [2.45, 2.75) is 50.7 Å². The second-order valence-corrected chi connectivity index (χ2v) is 6.34. The van der Waals surface area contributed by atoms with Crippen LogP contribution in [0.4, 0.5) is 0 Å². The van der Waals surface area contributed by atoms with Crippen molar-refractivity contribution in [3.63, 3.8) is 0 Å². The minimum Gasteiger partial charge on any atom is -0.300 e. The second-order valence-electron chi connectivity index (χ2n) is 6.34. The molecule has 2 saturated heterocycles. The van der Waals surface area contributed by atoms with Crippen LogP contribution in [0.5, 0.6) is 0 Å². The molecular weight excluding hydrogens is 234 g/mol. The standard InChI is InChI=1S/C16H25N3/c1-11-4-3-5-12(8-11)16(18-17)13-9-14-6-7-15(10-13)19(14)2/h3-5,8,13-16,18H,6-7,9-10,17H2,1-2H3. The van der Waals surface area contributed by atoms with Gasteiger partial charge in [0.1, 0.15) is 0 Å². The first-order valence-corrected chi connectivity index (χ1v) is 7.43. The Kier molecular flexibility index (Phi) is 3.61. The van der Waals surface area contributed by atoms with Gasteiger partial charge in [-0.05, 0) is 51.1 Å². The SMILES string of the molecule is Cc1cccc(C(NN)C2CC3CCC(C2)N3C)c1. The van der Waals surface area contributed by atoms with E-state index in [9.17, 15) is 0 Å². The highest BCUT2D eigenvalue weighted by atomic mass is 15.2. The van der Waals surface area contributed by atoms with Crippen molar-refractivity contribution >= 4 is 0 Å². The maximum Gasteiger partial charge on any atom is 0.0489 e. The number of benzene rings is 1. The molecular formula is C16H25N3. The van der Waals surface area contributed by atoms with E-state index in [1.165, 1.54) is 36.8 Å². The van der Waals surface area contributed by atoms with Gasteiger partial charge in [-0.1, -0.05) is 29.8 Å². The Morgan fingerprint density at radius 2 is 1.95 bits per heavy atom. The lowest BCUT2D eigenvalue weighted by molar-refractivity contribution is 0.112. The molecule has 0 aromatic heterocycles. The minimum atomic E-state index is 0.302. The summed E-state index contributed by atoms with van der Waals surface area (Å²) in [5, 5.41) is 0. The van der Waals surface area contributed by atoms with E-state index in [0.717, 1.165) is 12.1 Å². The lowest BCUT2D eigenvalue weighted by atomic mass is 9.82. The number of nitrogens with zero attached hydrogens (tertiary/aromatic N) is 1. The molecule has 2 aliphatic rings. The Hall–Kier alpha value is -0.900. The zero-order valence-corrected chi connectivity index (χ0v) is 12.0. The number of hydrogen-bond acceptors (Lipinski definition) is 3. The van der Waals surface area contributed by atoms with Gasteiger partial charge in [-0.3, -0.25) is 11.3 Å². The molecule has 3 unspecified atom stereocenters. The van der Waals surface area contributed by atoms with Crippen LogP contribution in [0, 0.1) is 12.8 Å². The molecule has 2 bridgehead atoms. The first kappa shape index (κ1) is 13.1. The highest BCUT2D eigenvalue weighted by molar-refractivity contribution is 5.26. The quantitative estimate of drug-likeness (QED) is 0.647. The number of hydrazine groups is 1. The molecule has 1 aromatic carbocycles. The van der Waals surface area contributed by atoms with Gasteiger partial charge in [0.2, 0.25) is 0 Å². The summed E-state index contributed by atoms with van der Waals surface area (Å²) in [6, 6.07) is 10.6. The fourth-order valence-electron chi connectivity index (χ4n) is 4.09. The molecule has 3 N–H and O–H groups in total. The molecule has 2 heterocycles. The Labute approximate surface area is 116 Å². The summed E-state index contributed by atoms with van der Waals surface area (Å²) in [5.74, 6) is 6.54. The third-order valence-corrected chi connectivity index (χ3v) is 5.19. The van der Waals surface area contributed by atoms with Gasteiger partial charge in [-0.25, -0.2) is 0 Å². The first-order chi connectivity index (χ1) is 9.19. The Morgan fingerprint density at radius 3 is 2.53 bits per heavy atom. The summed E-state index contributed by atoms with van der Waals surface area (Å²) >= 11 is 0. The molecule has 3 nitrogen and oxygen atoms in total. The van der Waals surface area contributed by atoms with Crippen molar-refractivity contribution < 1.29 is 0 Å². The molecule has 3 heteroatoms. The van der Waals surface area contributed by atoms with E-state index in [1.807, 2.05) is 0 Å². The largest absolute Gasteiger partial charge is 0.300 e. The van der Waals surface area contributed by atoms with E-state index in [2.05, 4.69) is 48.6 Å². The number of nitrogens with one attached hydrogen (secondary N) is 1. The van der Waals surface area contributed by atoms with Gasteiger partial charge < -0.3 is 4.90 Å². The van der Waals surface area contributed by atoms with Crippen LogP contribution in [-0.4, -0.2) is 24.0 Å². The lowest BCUT2D eigenvalue weighted by Gasteiger charge is -2.39. The van der Waals surface area contributed by atoms with Gasteiger partial charge >= 0.3 is 0 Å². The average molecular weight is 259 g/mol. The van der Waals surface area contributed by atoms with E-state index >= 15 is 0 Å². The predicted octanol–water partition coefficient (Wildman–Crippen LogP) is 2.37. The van der Waals surface area contributed by atoms with Crippen molar-refractivity contribution in [3.05, 3.63) is 35.4 Å². The van der Waals surface area contributed by atoms with Crippen LogP contribution < -0.4 is 11.3 Å². The summed E-state index contributed by atoms with van der Waals surface area (Å²) in [7, 11) is 2.29. The molecule has 0 aliphatic carbocycles. The minimum absolute atomic E-state index is 0.302. The maximum atomic E-state index is 5.87. The van der Waals surface area contributed by atoms with Crippen molar-refractivity contribution in [1.82, 2.24) is 10.3 Å². The summed E-state index contributed by atoms with van der Waals surface area (Å²) in [5.41, 5.74) is 5.74. The van der Waals surface area contributed by atoms with Gasteiger partial charge in [0, 0.05) is 18.1 Å². The topological polar surface area (TPSA) is 41.3 Å².